The molecule has 0 radical (unpaired) electrons. The average Bonchev–Trinajstić information content (AvgIpc) is 2.61. The topological polar surface area (TPSA) is 30.7 Å². The molecule has 3 nitrogen and oxygen atoms in total. The van der Waals surface area contributed by atoms with Gasteiger partial charge in [0.15, 0.2) is 5.82 Å². The summed E-state index contributed by atoms with van der Waals surface area (Å²) in [6.07, 6.45) is 2.79. The molecule has 0 saturated heterocycles. The molecule has 0 unspecified atom stereocenters. The van der Waals surface area contributed by atoms with Crippen molar-refractivity contribution in [2.24, 2.45) is 0 Å². The summed E-state index contributed by atoms with van der Waals surface area (Å²) in [6.45, 7) is 0. The summed E-state index contributed by atoms with van der Waals surface area (Å²) in [7, 11) is 0. The van der Waals surface area contributed by atoms with E-state index in [1.54, 1.807) is 0 Å². The maximum atomic E-state index is 13.1. The van der Waals surface area contributed by atoms with Gasteiger partial charge in [0, 0.05) is 6.07 Å². The van der Waals surface area contributed by atoms with Gasteiger partial charge in [-0.2, -0.15) is 10.2 Å². The van der Waals surface area contributed by atoms with Gasteiger partial charge in [-0.3, -0.25) is 0 Å². The Morgan fingerprint density at radius 1 is 1.08 bits per heavy atom. The molecular weight excluding hydrogens is 176 g/mol. The molecular formula is C8H5F2N3. The van der Waals surface area contributed by atoms with Crippen LogP contribution in [0.15, 0.2) is 30.6 Å². The van der Waals surface area contributed by atoms with E-state index in [-0.39, 0.29) is 5.69 Å². The van der Waals surface area contributed by atoms with Crippen LogP contribution in [0.3, 0.4) is 0 Å². The second-order valence-corrected chi connectivity index (χ2v) is 2.41. The van der Waals surface area contributed by atoms with E-state index in [2.05, 4.69) is 10.2 Å². The van der Waals surface area contributed by atoms with Gasteiger partial charge in [0.25, 0.3) is 0 Å². The Morgan fingerprint density at radius 3 is 2.46 bits per heavy atom. The summed E-state index contributed by atoms with van der Waals surface area (Å²) in [5, 5.41) is 7.37. The molecule has 0 aliphatic carbocycles. The van der Waals surface area contributed by atoms with E-state index in [4.69, 9.17) is 0 Å². The minimum Gasteiger partial charge on any atom is -0.207 e. The largest absolute Gasteiger partial charge is 0.207 e. The Hall–Kier alpha value is -1.78. The molecule has 13 heavy (non-hydrogen) atoms. The van der Waals surface area contributed by atoms with Gasteiger partial charge in [0.05, 0.1) is 12.4 Å². The van der Waals surface area contributed by atoms with E-state index in [9.17, 15) is 8.78 Å². The first-order valence-corrected chi connectivity index (χ1v) is 3.59. The fourth-order valence-electron chi connectivity index (χ4n) is 0.979. The first-order chi connectivity index (χ1) is 6.27. The zero-order valence-corrected chi connectivity index (χ0v) is 6.48. The lowest BCUT2D eigenvalue weighted by molar-refractivity contribution is 0.575. The Bertz CT molecular complexity index is 411. The molecule has 5 heteroatoms. The molecule has 0 spiro atoms. The molecule has 0 fully saturated rings. The van der Waals surface area contributed by atoms with Crippen LogP contribution < -0.4 is 0 Å². The van der Waals surface area contributed by atoms with E-state index in [0.717, 1.165) is 23.0 Å². The maximum Gasteiger partial charge on any atom is 0.150 e. The first kappa shape index (κ1) is 7.85. The summed E-state index contributed by atoms with van der Waals surface area (Å²) in [5.74, 6) is -1.08. The molecule has 2 aromatic rings. The minimum absolute atomic E-state index is 0.00463. The van der Waals surface area contributed by atoms with Crippen molar-refractivity contribution in [2.75, 3.05) is 0 Å². The van der Waals surface area contributed by atoms with Gasteiger partial charge in [0.1, 0.15) is 11.5 Å². The Morgan fingerprint density at radius 2 is 1.77 bits per heavy atom. The molecule has 0 saturated carbocycles. The van der Waals surface area contributed by atoms with Crippen LogP contribution >= 0.6 is 0 Å². The quantitative estimate of drug-likeness (QED) is 0.668. The van der Waals surface area contributed by atoms with E-state index in [0.29, 0.717) is 0 Å². The van der Waals surface area contributed by atoms with Gasteiger partial charge in [-0.1, -0.05) is 0 Å². The van der Waals surface area contributed by atoms with Gasteiger partial charge < -0.3 is 0 Å². The van der Waals surface area contributed by atoms with Crippen LogP contribution in [-0.2, 0) is 0 Å². The lowest BCUT2D eigenvalue weighted by Gasteiger charge is -2.00. The predicted octanol–water partition coefficient (Wildman–Crippen LogP) is 1.55. The van der Waals surface area contributed by atoms with Gasteiger partial charge >= 0.3 is 0 Å². The Kier molecular flexibility index (Phi) is 1.77. The van der Waals surface area contributed by atoms with Crippen molar-refractivity contribution in [3.63, 3.8) is 0 Å². The highest BCUT2D eigenvalue weighted by molar-refractivity contribution is 5.31. The molecule has 0 amide bonds. The average molecular weight is 181 g/mol. The van der Waals surface area contributed by atoms with Crippen LogP contribution in [0.1, 0.15) is 0 Å². The number of halogens is 2. The Labute approximate surface area is 72.6 Å². The van der Waals surface area contributed by atoms with Crippen molar-refractivity contribution >= 4 is 0 Å². The highest BCUT2D eigenvalue weighted by Gasteiger charge is 2.06. The summed E-state index contributed by atoms with van der Waals surface area (Å²) >= 11 is 0. The molecule has 0 atom stereocenters. The van der Waals surface area contributed by atoms with Crippen molar-refractivity contribution in [1.29, 1.82) is 0 Å². The van der Waals surface area contributed by atoms with E-state index < -0.39 is 11.6 Å². The molecule has 0 N–H and O–H groups in total. The summed E-state index contributed by atoms with van der Waals surface area (Å²) in [4.78, 5) is 1.03. The lowest BCUT2D eigenvalue weighted by Crippen LogP contribution is -2.01. The third-order valence-corrected chi connectivity index (χ3v) is 1.54. The van der Waals surface area contributed by atoms with E-state index in [1.165, 1.54) is 12.4 Å². The molecule has 1 aromatic heterocycles. The SMILES string of the molecule is Fc1ccc(F)c(-n2nccn2)c1. The lowest BCUT2D eigenvalue weighted by atomic mass is 10.3. The van der Waals surface area contributed by atoms with Crippen LogP contribution in [0.25, 0.3) is 5.69 Å². The van der Waals surface area contributed by atoms with Crippen molar-refractivity contribution in [3.05, 3.63) is 42.2 Å². The van der Waals surface area contributed by atoms with Gasteiger partial charge in [-0.15, -0.1) is 4.80 Å². The number of aromatic nitrogens is 3. The molecule has 1 heterocycles. The second-order valence-electron chi connectivity index (χ2n) is 2.41. The molecule has 0 aliphatic rings. The number of hydrogen-bond donors (Lipinski definition) is 0. The summed E-state index contributed by atoms with van der Waals surface area (Å²) in [6, 6.07) is 3.12. The van der Waals surface area contributed by atoms with Crippen molar-refractivity contribution in [2.45, 2.75) is 0 Å². The van der Waals surface area contributed by atoms with Crippen LogP contribution in [0.2, 0.25) is 0 Å². The second kappa shape index (κ2) is 2.93. The smallest absolute Gasteiger partial charge is 0.150 e. The third kappa shape index (κ3) is 1.40. The van der Waals surface area contributed by atoms with E-state index >= 15 is 0 Å². The van der Waals surface area contributed by atoms with Crippen LogP contribution in [0, 0.1) is 11.6 Å². The summed E-state index contributed by atoms with van der Waals surface area (Å²) in [5.41, 5.74) is 0.00463. The normalized spacial score (nSPS) is 10.3. The van der Waals surface area contributed by atoms with Crippen LogP contribution in [-0.4, -0.2) is 15.0 Å². The summed E-state index contributed by atoms with van der Waals surface area (Å²) < 4.78 is 25.8. The fourth-order valence-corrected chi connectivity index (χ4v) is 0.979. The number of benzene rings is 1. The standard InChI is InChI=1S/C8H5F2N3/c9-6-1-2-7(10)8(5-6)13-11-3-4-12-13/h1-5H. The third-order valence-electron chi connectivity index (χ3n) is 1.54. The predicted molar refractivity (Wildman–Crippen MR) is 41.3 cm³/mol. The zero-order valence-electron chi connectivity index (χ0n) is 6.48. The van der Waals surface area contributed by atoms with Crippen molar-refractivity contribution < 1.29 is 8.78 Å². The monoisotopic (exact) mass is 181 g/mol. The zero-order chi connectivity index (χ0) is 9.26. The molecule has 2 rings (SSSR count). The number of rotatable bonds is 1. The molecule has 0 bridgehead atoms. The molecule has 0 aliphatic heterocycles. The Balaban J connectivity index is 2.57. The van der Waals surface area contributed by atoms with Crippen LogP contribution in [0.5, 0.6) is 0 Å². The number of nitrogens with zero attached hydrogens (tertiary/aromatic N) is 3. The van der Waals surface area contributed by atoms with Crippen LogP contribution in [0.4, 0.5) is 8.78 Å². The molecule has 1 aromatic carbocycles. The maximum absolute atomic E-state index is 13.1. The first-order valence-electron chi connectivity index (χ1n) is 3.59. The van der Waals surface area contributed by atoms with Gasteiger partial charge in [0.2, 0.25) is 0 Å². The van der Waals surface area contributed by atoms with Gasteiger partial charge in [-0.25, -0.2) is 8.78 Å². The highest BCUT2D eigenvalue weighted by Crippen LogP contribution is 2.12. The number of hydrogen-bond acceptors (Lipinski definition) is 2. The fraction of sp³-hybridized carbons (Fsp3) is 0. The highest BCUT2D eigenvalue weighted by atomic mass is 19.1. The van der Waals surface area contributed by atoms with Crippen molar-refractivity contribution in [1.82, 2.24) is 15.0 Å². The van der Waals surface area contributed by atoms with Crippen molar-refractivity contribution in [3.8, 4) is 5.69 Å². The minimum atomic E-state index is -0.558. The van der Waals surface area contributed by atoms with E-state index in [1.807, 2.05) is 0 Å². The van der Waals surface area contributed by atoms with Gasteiger partial charge in [-0.05, 0) is 12.1 Å². The molecule has 66 valence electrons.